The number of hydrogen-bond donors (Lipinski definition) is 0. The first kappa shape index (κ1) is 14.0. The number of hydrogen-bond acceptors (Lipinski definition) is 1. The molecule has 1 nitrogen and oxygen atoms in total. The third kappa shape index (κ3) is 4.08. The van der Waals surface area contributed by atoms with Crippen molar-refractivity contribution < 1.29 is 4.79 Å². The molecule has 0 aromatic heterocycles. The molecule has 0 N–H and O–H groups in total. The average molecular weight is 324 g/mol. The lowest BCUT2D eigenvalue weighted by Gasteiger charge is -2.13. The molecule has 0 bridgehead atoms. The van der Waals surface area contributed by atoms with Crippen LogP contribution in [0.3, 0.4) is 0 Å². The maximum atomic E-state index is 11.4. The van der Waals surface area contributed by atoms with Gasteiger partial charge in [0.25, 0.3) is 0 Å². The van der Waals surface area contributed by atoms with E-state index in [4.69, 9.17) is 23.2 Å². The standard InChI is InChI=1S/C12H13BrCl2O/c1-8(16)9(4-5-14)6-10-2-3-11(13)7-12(10)15/h2-3,7,9H,4-6H2,1H3. The van der Waals surface area contributed by atoms with Crippen molar-refractivity contribution in [2.24, 2.45) is 5.92 Å². The summed E-state index contributed by atoms with van der Waals surface area (Å²) in [7, 11) is 0. The SMILES string of the molecule is CC(=O)C(CCCl)Cc1ccc(Br)cc1Cl. The number of Topliss-reactive ketones (excluding diaryl/α,β-unsaturated/α-hetero) is 1. The fourth-order valence-electron chi connectivity index (χ4n) is 1.53. The van der Waals surface area contributed by atoms with Gasteiger partial charge < -0.3 is 0 Å². The van der Waals surface area contributed by atoms with Crippen molar-refractivity contribution in [3.63, 3.8) is 0 Å². The smallest absolute Gasteiger partial charge is 0.133 e. The van der Waals surface area contributed by atoms with Gasteiger partial charge in [0.2, 0.25) is 0 Å². The lowest BCUT2D eigenvalue weighted by atomic mass is 9.93. The summed E-state index contributed by atoms with van der Waals surface area (Å²) in [4.78, 5) is 11.4. The van der Waals surface area contributed by atoms with Crippen molar-refractivity contribution in [2.75, 3.05) is 5.88 Å². The van der Waals surface area contributed by atoms with E-state index in [1.54, 1.807) is 6.92 Å². The molecular formula is C12H13BrCl2O. The fourth-order valence-corrected chi connectivity index (χ4v) is 2.55. The number of halogens is 3. The van der Waals surface area contributed by atoms with Crippen LogP contribution in [0.15, 0.2) is 22.7 Å². The number of carbonyl (C=O) groups is 1. The molecule has 0 heterocycles. The largest absolute Gasteiger partial charge is 0.300 e. The Morgan fingerprint density at radius 3 is 2.69 bits per heavy atom. The number of alkyl halides is 1. The molecule has 0 saturated heterocycles. The first-order valence-electron chi connectivity index (χ1n) is 5.05. The van der Waals surface area contributed by atoms with Crippen molar-refractivity contribution in [3.8, 4) is 0 Å². The maximum Gasteiger partial charge on any atom is 0.133 e. The van der Waals surface area contributed by atoms with Gasteiger partial charge in [-0.05, 0) is 37.5 Å². The molecule has 4 heteroatoms. The first-order chi connectivity index (χ1) is 7.54. The van der Waals surface area contributed by atoms with Gasteiger partial charge in [-0.3, -0.25) is 4.79 Å². The van der Waals surface area contributed by atoms with Gasteiger partial charge >= 0.3 is 0 Å². The van der Waals surface area contributed by atoms with Crippen molar-refractivity contribution in [1.29, 1.82) is 0 Å². The molecule has 1 unspecified atom stereocenters. The Morgan fingerprint density at radius 1 is 1.50 bits per heavy atom. The van der Waals surface area contributed by atoms with Crippen LogP contribution in [0.1, 0.15) is 18.9 Å². The van der Waals surface area contributed by atoms with Crippen LogP contribution in [0.5, 0.6) is 0 Å². The van der Waals surface area contributed by atoms with Gasteiger partial charge in [0.15, 0.2) is 0 Å². The molecule has 16 heavy (non-hydrogen) atoms. The monoisotopic (exact) mass is 322 g/mol. The van der Waals surface area contributed by atoms with Gasteiger partial charge in [0, 0.05) is 21.3 Å². The summed E-state index contributed by atoms with van der Waals surface area (Å²) in [6.07, 6.45) is 1.36. The lowest BCUT2D eigenvalue weighted by Crippen LogP contribution is -2.14. The molecule has 1 rings (SSSR count). The molecule has 1 aromatic carbocycles. The minimum Gasteiger partial charge on any atom is -0.300 e. The Morgan fingerprint density at radius 2 is 2.19 bits per heavy atom. The number of rotatable bonds is 5. The van der Waals surface area contributed by atoms with Crippen molar-refractivity contribution >= 4 is 44.9 Å². The Labute approximate surface area is 114 Å². The van der Waals surface area contributed by atoms with Gasteiger partial charge in [-0.1, -0.05) is 33.6 Å². The normalized spacial score (nSPS) is 12.5. The molecule has 0 aliphatic rings. The molecule has 0 fully saturated rings. The topological polar surface area (TPSA) is 17.1 Å². The molecule has 0 spiro atoms. The summed E-state index contributed by atoms with van der Waals surface area (Å²) < 4.78 is 0.943. The van der Waals surface area contributed by atoms with Gasteiger partial charge in [-0.25, -0.2) is 0 Å². The van der Waals surface area contributed by atoms with E-state index in [0.29, 0.717) is 23.7 Å². The summed E-state index contributed by atoms with van der Waals surface area (Å²) in [5, 5.41) is 0.690. The van der Waals surface area contributed by atoms with E-state index < -0.39 is 0 Å². The zero-order valence-electron chi connectivity index (χ0n) is 8.97. The van der Waals surface area contributed by atoms with Gasteiger partial charge in [0.1, 0.15) is 5.78 Å². The average Bonchev–Trinajstić information content (AvgIpc) is 2.20. The molecule has 0 aliphatic carbocycles. The second-order valence-corrected chi connectivity index (χ2v) is 5.43. The van der Waals surface area contributed by atoms with Crippen LogP contribution < -0.4 is 0 Å². The summed E-state index contributed by atoms with van der Waals surface area (Å²) >= 11 is 15.1. The van der Waals surface area contributed by atoms with Crippen molar-refractivity contribution in [2.45, 2.75) is 19.8 Å². The zero-order chi connectivity index (χ0) is 12.1. The Balaban J connectivity index is 2.81. The molecule has 1 atom stereocenters. The maximum absolute atomic E-state index is 11.4. The van der Waals surface area contributed by atoms with Gasteiger partial charge in [0.05, 0.1) is 0 Å². The summed E-state index contributed by atoms with van der Waals surface area (Å²) in [6.45, 7) is 1.60. The van der Waals surface area contributed by atoms with Crippen LogP contribution >= 0.6 is 39.1 Å². The van der Waals surface area contributed by atoms with Crippen LogP contribution in [-0.2, 0) is 11.2 Å². The van der Waals surface area contributed by atoms with Crippen LogP contribution in [0.25, 0.3) is 0 Å². The summed E-state index contributed by atoms with van der Waals surface area (Å²) in [5.74, 6) is 0.633. The second-order valence-electron chi connectivity index (χ2n) is 3.73. The molecule has 0 saturated carbocycles. The Bertz CT molecular complexity index is 379. The van der Waals surface area contributed by atoms with Crippen molar-refractivity contribution in [3.05, 3.63) is 33.3 Å². The van der Waals surface area contributed by atoms with E-state index in [0.717, 1.165) is 10.0 Å². The van der Waals surface area contributed by atoms with Gasteiger partial charge in [-0.15, -0.1) is 11.6 Å². The Hall–Kier alpha value is -0.0500. The lowest BCUT2D eigenvalue weighted by molar-refractivity contribution is -0.120. The van der Waals surface area contributed by atoms with Crippen LogP contribution in [0.2, 0.25) is 5.02 Å². The molecule has 0 radical (unpaired) electrons. The molecule has 0 amide bonds. The van der Waals surface area contributed by atoms with Crippen LogP contribution in [-0.4, -0.2) is 11.7 Å². The fraction of sp³-hybridized carbons (Fsp3) is 0.417. The van der Waals surface area contributed by atoms with E-state index in [-0.39, 0.29) is 11.7 Å². The minimum absolute atomic E-state index is 0.0313. The van der Waals surface area contributed by atoms with Crippen molar-refractivity contribution in [1.82, 2.24) is 0 Å². The highest BCUT2D eigenvalue weighted by atomic mass is 79.9. The van der Waals surface area contributed by atoms with Gasteiger partial charge in [-0.2, -0.15) is 0 Å². The third-order valence-corrected chi connectivity index (χ3v) is 3.58. The highest BCUT2D eigenvalue weighted by Gasteiger charge is 2.15. The van der Waals surface area contributed by atoms with E-state index >= 15 is 0 Å². The second kappa shape index (κ2) is 6.63. The quantitative estimate of drug-likeness (QED) is 0.730. The predicted octanol–water partition coefficient (Wildman–Crippen LogP) is 4.48. The highest BCUT2D eigenvalue weighted by molar-refractivity contribution is 9.10. The summed E-state index contributed by atoms with van der Waals surface area (Å²) in [6, 6.07) is 5.71. The van der Waals surface area contributed by atoms with E-state index in [9.17, 15) is 4.79 Å². The molecular weight excluding hydrogens is 311 g/mol. The zero-order valence-corrected chi connectivity index (χ0v) is 12.1. The van der Waals surface area contributed by atoms with E-state index in [1.807, 2.05) is 18.2 Å². The molecule has 0 aliphatic heterocycles. The summed E-state index contributed by atoms with van der Waals surface area (Å²) in [5.41, 5.74) is 0.996. The molecule has 88 valence electrons. The minimum atomic E-state index is -0.0313. The first-order valence-corrected chi connectivity index (χ1v) is 6.75. The Kier molecular flexibility index (Phi) is 5.81. The van der Waals surface area contributed by atoms with E-state index in [2.05, 4.69) is 15.9 Å². The van der Waals surface area contributed by atoms with Crippen LogP contribution in [0, 0.1) is 5.92 Å². The van der Waals surface area contributed by atoms with E-state index in [1.165, 1.54) is 0 Å². The third-order valence-electron chi connectivity index (χ3n) is 2.51. The number of ketones is 1. The molecule has 1 aromatic rings. The highest BCUT2D eigenvalue weighted by Crippen LogP contribution is 2.25. The number of benzene rings is 1. The predicted molar refractivity (Wildman–Crippen MR) is 72.4 cm³/mol. The number of carbonyl (C=O) groups excluding carboxylic acids is 1. The van der Waals surface area contributed by atoms with Crippen LogP contribution in [0.4, 0.5) is 0 Å².